The minimum absolute atomic E-state index is 0.242. The molecule has 0 aliphatic heterocycles. The quantitative estimate of drug-likeness (QED) is 0.302. The van der Waals surface area contributed by atoms with Crippen LogP contribution in [0.5, 0.6) is 0 Å². The molecule has 0 atom stereocenters. The van der Waals surface area contributed by atoms with Crippen molar-refractivity contribution in [3.63, 3.8) is 0 Å². The topological polar surface area (TPSA) is 152 Å². The van der Waals surface area contributed by atoms with E-state index in [4.69, 9.17) is 9.11 Å². The molecular weight excluding hydrogens is 452 g/mol. The van der Waals surface area contributed by atoms with Gasteiger partial charge in [0.25, 0.3) is 20.2 Å². The van der Waals surface area contributed by atoms with Crippen LogP contribution in [0, 0.1) is 23.3 Å². The molecule has 0 amide bonds. The molecule has 0 bridgehead atoms. The molecule has 0 aliphatic rings. The summed E-state index contributed by atoms with van der Waals surface area (Å²) in [7, 11) is -11.1. The lowest BCUT2D eigenvalue weighted by molar-refractivity contribution is 0.0389. The standard InChI is InChI=1S/C14H6F4O9S2/c15-7-3-1-5(11(9(7)17)28(21,22)23)13(19)27-14(20)6-2-4-8(16)10(18)12(6)29(24,25)26/h1-4H,(H,21,22,23)(H,24,25,26). The van der Waals surface area contributed by atoms with E-state index in [0.29, 0.717) is 12.1 Å². The molecule has 2 aromatic rings. The summed E-state index contributed by atoms with van der Waals surface area (Å²) < 4.78 is 121. The van der Waals surface area contributed by atoms with Crippen LogP contribution >= 0.6 is 0 Å². The molecule has 15 heteroatoms. The van der Waals surface area contributed by atoms with Gasteiger partial charge >= 0.3 is 11.9 Å². The molecule has 0 radical (unpaired) electrons. The fourth-order valence-electron chi connectivity index (χ4n) is 2.08. The first-order valence-corrected chi connectivity index (χ1v) is 9.71. The van der Waals surface area contributed by atoms with Crippen molar-refractivity contribution >= 4 is 32.2 Å². The third-order valence-electron chi connectivity index (χ3n) is 3.24. The second kappa shape index (κ2) is 7.51. The van der Waals surface area contributed by atoms with E-state index < -0.39 is 76.4 Å². The number of carbonyl (C=O) groups excluding carboxylic acids is 2. The van der Waals surface area contributed by atoms with Gasteiger partial charge in [-0.05, 0) is 24.3 Å². The number of halogens is 4. The first-order chi connectivity index (χ1) is 13.2. The third-order valence-corrected chi connectivity index (χ3v) is 5.07. The largest absolute Gasteiger partial charge is 0.386 e. The van der Waals surface area contributed by atoms with Gasteiger partial charge in [0.05, 0.1) is 11.1 Å². The molecule has 0 spiro atoms. The Labute approximate surface area is 159 Å². The lowest BCUT2D eigenvalue weighted by Gasteiger charge is -2.10. The number of hydrogen-bond acceptors (Lipinski definition) is 7. The summed E-state index contributed by atoms with van der Waals surface area (Å²) in [5.41, 5.74) is -2.76. The fraction of sp³-hybridized carbons (Fsp3) is 0. The molecule has 2 rings (SSSR count). The zero-order valence-corrected chi connectivity index (χ0v) is 15.0. The van der Waals surface area contributed by atoms with Crippen LogP contribution in [0.2, 0.25) is 0 Å². The molecule has 2 aromatic carbocycles. The zero-order valence-electron chi connectivity index (χ0n) is 13.4. The van der Waals surface area contributed by atoms with Gasteiger partial charge in [0, 0.05) is 0 Å². The lowest BCUT2D eigenvalue weighted by Crippen LogP contribution is -2.20. The van der Waals surface area contributed by atoms with Gasteiger partial charge < -0.3 is 4.74 Å². The predicted octanol–water partition coefficient (Wildman–Crippen LogP) is 1.73. The number of carbonyl (C=O) groups is 2. The van der Waals surface area contributed by atoms with Gasteiger partial charge in [0.15, 0.2) is 23.3 Å². The monoisotopic (exact) mass is 458 g/mol. The minimum atomic E-state index is -5.55. The second-order valence-corrected chi connectivity index (χ2v) is 7.82. The van der Waals surface area contributed by atoms with Crippen LogP contribution in [0.3, 0.4) is 0 Å². The number of benzene rings is 2. The van der Waals surface area contributed by atoms with Gasteiger partial charge in [-0.2, -0.15) is 16.8 Å². The molecule has 156 valence electrons. The van der Waals surface area contributed by atoms with Gasteiger partial charge in [-0.1, -0.05) is 0 Å². The van der Waals surface area contributed by atoms with Crippen molar-refractivity contribution in [2.24, 2.45) is 0 Å². The number of ether oxygens (including phenoxy) is 1. The Morgan fingerprint density at radius 1 is 0.690 bits per heavy atom. The molecule has 0 saturated heterocycles. The Morgan fingerprint density at radius 2 is 1.00 bits per heavy atom. The highest BCUT2D eigenvalue weighted by atomic mass is 32.2. The Bertz CT molecular complexity index is 1160. The first-order valence-electron chi connectivity index (χ1n) is 6.83. The molecule has 0 aromatic heterocycles. The van der Waals surface area contributed by atoms with Crippen molar-refractivity contribution in [1.29, 1.82) is 0 Å². The van der Waals surface area contributed by atoms with Crippen molar-refractivity contribution in [2.75, 3.05) is 0 Å². The smallest absolute Gasteiger partial charge is 0.347 e. The molecule has 0 aliphatic carbocycles. The van der Waals surface area contributed by atoms with Crippen molar-refractivity contribution in [1.82, 2.24) is 0 Å². The second-order valence-electron chi connectivity index (χ2n) is 5.10. The van der Waals surface area contributed by atoms with Gasteiger partial charge in [-0.3, -0.25) is 9.11 Å². The Hall–Kier alpha value is -2.88. The van der Waals surface area contributed by atoms with E-state index >= 15 is 0 Å². The van der Waals surface area contributed by atoms with Crippen molar-refractivity contribution in [3.05, 3.63) is 58.7 Å². The van der Waals surface area contributed by atoms with Gasteiger partial charge in [0.2, 0.25) is 0 Å². The molecule has 0 unspecified atom stereocenters. The maximum absolute atomic E-state index is 13.7. The molecular formula is C14H6F4O9S2. The van der Waals surface area contributed by atoms with Crippen molar-refractivity contribution in [2.45, 2.75) is 9.79 Å². The summed E-state index contributed by atoms with van der Waals surface area (Å²) >= 11 is 0. The molecule has 29 heavy (non-hydrogen) atoms. The van der Waals surface area contributed by atoms with Crippen LogP contribution in [0.25, 0.3) is 0 Å². The predicted molar refractivity (Wildman–Crippen MR) is 82.1 cm³/mol. The van der Waals surface area contributed by atoms with E-state index in [1.165, 1.54) is 0 Å². The average molecular weight is 458 g/mol. The highest BCUT2D eigenvalue weighted by Gasteiger charge is 2.33. The van der Waals surface area contributed by atoms with Gasteiger partial charge in [-0.15, -0.1) is 0 Å². The number of esters is 2. The van der Waals surface area contributed by atoms with Crippen LogP contribution in [-0.4, -0.2) is 37.9 Å². The van der Waals surface area contributed by atoms with Crippen LogP contribution < -0.4 is 0 Å². The third kappa shape index (κ3) is 4.42. The SMILES string of the molecule is O=C(OC(=O)c1ccc(F)c(F)c1S(=O)(=O)O)c1ccc(F)c(F)c1S(=O)(=O)O. The Kier molecular flexibility index (Phi) is 5.80. The van der Waals surface area contributed by atoms with Crippen molar-refractivity contribution in [3.8, 4) is 0 Å². The van der Waals surface area contributed by atoms with Gasteiger partial charge in [-0.25, -0.2) is 27.2 Å². The first kappa shape index (κ1) is 22.4. The summed E-state index contributed by atoms with van der Waals surface area (Å²) in [4.78, 5) is 20.2. The Morgan fingerprint density at radius 3 is 1.28 bits per heavy atom. The summed E-state index contributed by atoms with van der Waals surface area (Å²) in [5, 5.41) is 0. The van der Waals surface area contributed by atoms with Gasteiger partial charge in [0.1, 0.15) is 9.79 Å². The number of hydrogen-bond donors (Lipinski definition) is 2. The summed E-state index contributed by atoms with van der Waals surface area (Å²) in [5.74, 6) is -12.0. The zero-order chi connectivity index (χ0) is 22.3. The van der Waals surface area contributed by atoms with E-state index in [1.54, 1.807) is 0 Å². The van der Waals surface area contributed by atoms with Crippen LogP contribution in [0.1, 0.15) is 20.7 Å². The molecule has 0 saturated carbocycles. The maximum Gasteiger partial charge on any atom is 0.347 e. The fourth-order valence-corrected chi connectivity index (χ4v) is 3.59. The van der Waals surface area contributed by atoms with Crippen LogP contribution in [-0.2, 0) is 25.0 Å². The molecule has 2 N–H and O–H groups in total. The van der Waals surface area contributed by atoms with E-state index in [-0.39, 0.29) is 12.1 Å². The molecule has 0 fully saturated rings. The van der Waals surface area contributed by atoms with E-state index in [1.807, 2.05) is 0 Å². The summed E-state index contributed by atoms with van der Waals surface area (Å²) in [6.07, 6.45) is 0. The maximum atomic E-state index is 13.7. The number of rotatable bonds is 4. The average Bonchev–Trinajstić information content (AvgIpc) is 2.56. The molecule has 9 nitrogen and oxygen atoms in total. The lowest BCUT2D eigenvalue weighted by atomic mass is 10.2. The highest BCUT2D eigenvalue weighted by Crippen LogP contribution is 2.26. The van der Waals surface area contributed by atoms with E-state index in [0.717, 1.165) is 0 Å². The highest BCUT2D eigenvalue weighted by molar-refractivity contribution is 7.86. The van der Waals surface area contributed by atoms with E-state index in [9.17, 15) is 44.0 Å². The Balaban J connectivity index is 2.57. The summed E-state index contributed by atoms with van der Waals surface area (Å²) in [6.45, 7) is 0. The minimum Gasteiger partial charge on any atom is -0.386 e. The van der Waals surface area contributed by atoms with Crippen LogP contribution in [0.4, 0.5) is 17.6 Å². The van der Waals surface area contributed by atoms with E-state index in [2.05, 4.69) is 4.74 Å². The summed E-state index contributed by atoms with van der Waals surface area (Å²) in [6, 6.07) is 1.11. The normalized spacial score (nSPS) is 11.9. The van der Waals surface area contributed by atoms with Crippen LogP contribution in [0.15, 0.2) is 34.1 Å². The molecule has 0 heterocycles. The van der Waals surface area contributed by atoms with Crippen molar-refractivity contribution < 1.29 is 57.8 Å².